The fraction of sp³-hybridized carbons (Fsp3) is 0.290. The normalized spacial score (nSPS) is 16.4. The standard InChI is InChI=1S/C31H28BrF3N8O2/c1-16-9-18(17-7-8-37-21(11-17)31(33,34)35)10-19-25-27(36)38-15-39-28(25)42(26(16)19)13-24(44)43-14-30(2,3)12-20(43)29(45)41-23-6-4-5-22(32)40-23/h4-11,15,20H,12-14H2,1-3H3,(H2,36,38,39)(H,40,41,45)/t20-/m0/s1. The molecule has 5 heterocycles. The number of nitrogens with zero attached hydrogens (tertiary/aromatic N) is 6. The number of rotatable bonds is 5. The van der Waals surface area contributed by atoms with E-state index in [9.17, 15) is 22.8 Å². The smallest absolute Gasteiger partial charge is 0.383 e. The molecule has 5 aromatic rings. The van der Waals surface area contributed by atoms with Crippen LogP contribution in [0.5, 0.6) is 0 Å². The molecule has 1 fully saturated rings. The quantitative estimate of drug-likeness (QED) is 0.218. The topological polar surface area (TPSA) is 132 Å². The minimum Gasteiger partial charge on any atom is -0.383 e. The van der Waals surface area contributed by atoms with E-state index in [-0.39, 0.29) is 29.6 Å². The van der Waals surface area contributed by atoms with Crippen LogP contribution in [0.1, 0.15) is 31.5 Å². The molecule has 45 heavy (non-hydrogen) atoms. The molecule has 10 nitrogen and oxygen atoms in total. The minimum absolute atomic E-state index is 0.154. The van der Waals surface area contributed by atoms with Gasteiger partial charge in [-0.15, -0.1) is 0 Å². The number of alkyl halides is 3. The molecular weight excluding hydrogens is 653 g/mol. The number of anilines is 2. The average Bonchev–Trinajstić information content (AvgIpc) is 3.47. The first-order valence-corrected chi connectivity index (χ1v) is 14.8. The summed E-state index contributed by atoms with van der Waals surface area (Å²) in [5, 5.41) is 3.89. The Balaban J connectivity index is 1.40. The van der Waals surface area contributed by atoms with Crippen molar-refractivity contribution in [3.8, 4) is 11.1 Å². The molecule has 0 radical (unpaired) electrons. The van der Waals surface area contributed by atoms with Crippen molar-refractivity contribution in [3.05, 3.63) is 70.8 Å². The summed E-state index contributed by atoms with van der Waals surface area (Å²) in [6.07, 6.45) is -1.73. The van der Waals surface area contributed by atoms with E-state index in [1.165, 1.54) is 12.4 Å². The van der Waals surface area contributed by atoms with E-state index in [1.54, 1.807) is 46.7 Å². The SMILES string of the molecule is Cc1cc(-c2ccnc(C(F)(F)F)c2)cc2c3c(N)ncnc3n(CC(=O)N3CC(C)(C)C[C@H]3C(=O)Nc3cccc(Br)n3)c12. The van der Waals surface area contributed by atoms with Crippen LogP contribution in [0, 0.1) is 12.3 Å². The molecule has 0 bridgehead atoms. The molecule has 0 unspecified atom stereocenters. The van der Waals surface area contributed by atoms with Crippen molar-refractivity contribution in [2.24, 2.45) is 5.41 Å². The minimum atomic E-state index is -4.60. The summed E-state index contributed by atoms with van der Waals surface area (Å²) >= 11 is 3.30. The fourth-order valence-electron chi connectivity index (χ4n) is 6.05. The van der Waals surface area contributed by atoms with Crippen molar-refractivity contribution in [1.82, 2.24) is 29.4 Å². The number of pyridine rings is 2. The van der Waals surface area contributed by atoms with Crippen molar-refractivity contribution in [2.45, 2.75) is 46.0 Å². The molecule has 0 aliphatic carbocycles. The Bertz CT molecular complexity index is 1990. The maximum Gasteiger partial charge on any atom is 0.433 e. The highest BCUT2D eigenvalue weighted by atomic mass is 79.9. The number of aryl methyl sites for hydroxylation is 1. The summed E-state index contributed by atoms with van der Waals surface area (Å²) in [5.74, 6) is -0.111. The van der Waals surface area contributed by atoms with Crippen LogP contribution < -0.4 is 11.1 Å². The molecule has 6 rings (SSSR count). The zero-order valence-corrected chi connectivity index (χ0v) is 26.1. The third-order valence-electron chi connectivity index (χ3n) is 7.94. The van der Waals surface area contributed by atoms with Crippen LogP contribution in [0.15, 0.2) is 59.6 Å². The number of likely N-dealkylation sites (tertiary alicyclic amines) is 1. The second-order valence-corrected chi connectivity index (χ2v) is 12.7. The van der Waals surface area contributed by atoms with Crippen LogP contribution >= 0.6 is 15.9 Å². The van der Waals surface area contributed by atoms with E-state index in [0.717, 1.165) is 12.3 Å². The fourth-order valence-corrected chi connectivity index (χ4v) is 6.40. The van der Waals surface area contributed by atoms with Crippen LogP contribution in [0.3, 0.4) is 0 Å². The second kappa shape index (κ2) is 11.1. The maximum atomic E-state index is 14.0. The summed E-state index contributed by atoms with van der Waals surface area (Å²) in [6, 6.07) is 10.4. The van der Waals surface area contributed by atoms with Crippen LogP contribution in [-0.2, 0) is 22.3 Å². The summed E-state index contributed by atoms with van der Waals surface area (Å²) in [7, 11) is 0. The predicted molar refractivity (Wildman–Crippen MR) is 167 cm³/mol. The number of carbonyl (C=O) groups excluding carboxylic acids is 2. The number of benzene rings is 1. The van der Waals surface area contributed by atoms with Gasteiger partial charge in [-0.3, -0.25) is 14.6 Å². The van der Waals surface area contributed by atoms with Gasteiger partial charge < -0.3 is 20.5 Å². The lowest BCUT2D eigenvalue weighted by molar-refractivity contribution is -0.141. The van der Waals surface area contributed by atoms with E-state index < -0.39 is 17.9 Å². The van der Waals surface area contributed by atoms with Gasteiger partial charge in [-0.05, 0) is 87.8 Å². The Labute approximate surface area is 264 Å². The predicted octanol–water partition coefficient (Wildman–Crippen LogP) is 5.98. The first kappa shape index (κ1) is 30.4. The Morgan fingerprint density at radius 2 is 1.89 bits per heavy atom. The van der Waals surface area contributed by atoms with Gasteiger partial charge in [-0.25, -0.2) is 15.0 Å². The van der Waals surface area contributed by atoms with E-state index in [4.69, 9.17) is 5.73 Å². The van der Waals surface area contributed by atoms with Crippen molar-refractivity contribution < 1.29 is 22.8 Å². The summed E-state index contributed by atoms with van der Waals surface area (Å²) in [5.41, 5.74) is 7.55. The van der Waals surface area contributed by atoms with Crippen LogP contribution in [-0.4, -0.2) is 53.8 Å². The molecule has 1 aliphatic rings. The van der Waals surface area contributed by atoms with E-state index >= 15 is 0 Å². The third-order valence-corrected chi connectivity index (χ3v) is 8.38. The zero-order chi connectivity index (χ0) is 32.3. The van der Waals surface area contributed by atoms with Crippen LogP contribution in [0.4, 0.5) is 24.8 Å². The molecule has 0 saturated carbocycles. The number of nitrogens with one attached hydrogen (secondary N) is 1. The molecular formula is C31H28BrF3N8O2. The molecule has 0 spiro atoms. The highest BCUT2D eigenvalue weighted by molar-refractivity contribution is 9.10. The highest BCUT2D eigenvalue weighted by Gasteiger charge is 2.44. The van der Waals surface area contributed by atoms with Gasteiger partial charge in [0.05, 0.1) is 10.9 Å². The van der Waals surface area contributed by atoms with Gasteiger partial charge in [-0.1, -0.05) is 19.9 Å². The molecule has 2 amide bonds. The largest absolute Gasteiger partial charge is 0.433 e. The van der Waals surface area contributed by atoms with Crippen LogP contribution in [0.2, 0.25) is 0 Å². The second-order valence-electron chi connectivity index (χ2n) is 11.9. The number of amides is 2. The molecule has 1 atom stereocenters. The summed E-state index contributed by atoms with van der Waals surface area (Å²) < 4.78 is 42.5. The molecule has 14 heteroatoms. The van der Waals surface area contributed by atoms with Gasteiger partial charge in [0.15, 0.2) is 0 Å². The lowest BCUT2D eigenvalue weighted by atomic mass is 9.90. The van der Waals surface area contributed by atoms with Gasteiger partial charge in [0, 0.05) is 18.1 Å². The van der Waals surface area contributed by atoms with Gasteiger partial charge >= 0.3 is 6.18 Å². The molecule has 1 aliphatic heterocycles. The summed E-state index contributed by atoms with van der Waals surface area (Å²) in [6.45, 7) is 6.01. The van der Waals surface area contributed by atoms with Gasteiger partial charge in [0.25, 0.3) is 0 Å². The van der Waals surface area contributed by atoms with Crippen molar-refractivity contribution >= 4 is 61.3 Å². The van der Waals surface area contributed by atoms with Crippen molar-refractivity contribution in [2.75, 3.05) is 17.6 Å². The maximum absolute atomic E-state index is 14.0. The number of hydrogen-bond donors (Lipinski definition) is 2. The summed E-state index contributed by atoms with van der Waals surface area (Å²) in [4.78, 5) is 45.4. The Morgan fingerprint density at radius 1 is 1.11 bits per heavy atom. The zero-order valence-electron chi connectivity index (χ0n) is 24.5. The number of halogens is 4. The first-order chi connectivity index (χ1) is 21.2. The third kappa shape index (κ3) is 5.81. The number of nitrogens with two attached hydrogens (primary N) is 1. The van der Waals surface area contributed by atoms with Gasteiger partial charge in [0.1, 0.15) is 46.5 Å². The Kier molecular flexibility index (Phi) is 7.50. The van der Waals surface area contributed by atoms with Crippen LogP contribution in [0.25, 0.3) is 33.1 Å². The highest BCUT2D eigenvalue weighted by Crippen LogP contribution is 2.39. The van der Waals surface area contributed by atoms with E-state index in [0.29, 0.717) is 62.0 Å². The van der Waals surface area contributed by atoms with Gasteiger partial charge in [0.2, 0.25) is 11.8 Å². The van der Waals surface area contributed by atoms with E-state index in [2.05, 4.69) is 41.2 Å². The molecule has 232 valence electrons. The molecule has 1 saturated heterocycles. The molecule has 1 aromatic carbocycles. The Morgan fingerprint density at radius 3 is 2.62 bits per heavy atom. The van der Waals surface area contributed by atoms with Crippen molar-refractivity contribution in [1.29, 1.82) is 0 Å². The molecule has 3 N–H and O–H groups in total. The van der Waals surface area contributed by atoms with Crippen molar-refractivity contribution in [3.63, 3.8) is 0 Å². The first-order valence-electron chi connectivity index (χ1n) is 14.0. The van der Waals surface area contributed by atoms with E-state index in [1.807, 2.05) is 13.8 Å². The number of hydrogen-bond acceptors (Lipinski definition) is 7. The molecule has 4 aromatic heterocycles. The lowest BCUT2D eigenvalue weighted by Crippen LogP contribution is -2.44. The monoisotopic (exact) mass is 680 g/mol. The Hall–Kier alpha value is -4.59. The number of aromatic nitrogens is 5. The lowest BCUT2D eigenvalue weighted by Gasteiger charge is -2.25. The van der Waals surface area contributed by atoms with Gasteiger partial charge in [-0.2, -0.15) is 13.2 Å². The number of carbonyl (C=O) groups is 2. The number of nitrogen functional groups attached to an aromatic ring is 1. The average molecular weight is 682 g/mol. The number of fused-ring (bicyclic) bond motifs is 3.